The zero-order valence-electron chi connectivity index (χ0n) is 18.9. The second-order valence-corrected chi connectivity index (χ2v) is 7.62. The number of aliphatic hydroxyl groups excluding tert-OH is 1. The van der Waals surface area contributed by atoms with Crippen LogP contribution in [0.1, 0.15) is 41.7 Å². The quantitative estimate of drug-likeness (QED) is 0.209. The molecule has 1 heterocycles. The Morgan fingerprint density at radius 3 is 2.00 bits per heavy atom. The van der Waals surface area contributed by atoms with Gasteiger partial charge >= 0.3 is 27.7 Å². The van der Waals surface area contributed by atoms with E-state index in [2.05, 4.69) is 121 Å². The molecule has 4 nitrogen and oxygen atoms in total. The number of aliphatic hydroxyl groups is 1. The normalized spacial score (nSPS) is 12.7. The van der Waals surface area contributed by atoms with Crippen LogP contribution in [-0.4, -0.2) is 15.8 Å². The summed E-state index contributed by atoms with van der Waals surface area (Å²) >= 11 is 2.22. The number of ketones is 1. The molecule has 0 amide bonds. The molecule has 0 aliphatic carbocycles. The molecule has 170 valence electrons. The zero-order chi connectivity index (χ0) is 23.6. The Morgan fingerprint density at radius 2 is 1.55 bits per heavy atom. The van der Waals surface area contributed by atoms with Gasteiger partial charge in [-0.1, -0.05) is 47.5 Å². The zero-order valence-corrected chi connectivity index (χ0v) is 21.2. The molecule has 0 radical (unpaired) electrons. The average molecular weight is 533 g/mol. The van der Waals surface area contributed by atoms with Crippen molar-refractivity contribution in [3.05, 3.63) is 95.1 Å². The number of benzene rings is 2. The molecule has 0 saturated heterocycles. The van der Waals surface area contributed by atoms with Gasteiger partial charge < -0.3 is 14.9 Å². The van der Waals surface area contributed by atoms with Gasteiger partial charge in [-0.2, -0.15) is 6.67 Å². The molecule has 0 aromatic heterocycles. The van der Waals surface area contributed by atoms with E-state index in [4.69, 9.17) is 5.11 Å². The Morgan fingerprint density at radius 1 is 1.00 bits per heavy atom. The first kappa shape index (κ1) is 27.0. The van der Waals surface area contributed by atoms with Gasteiger partial charge in [0.05, 0.1) is 5.76 Å². The van der Waals surface area contributed by atoms with Gasteiger partial charge in [0.2, 0.25) is 0 Å². The number of anilines is 1. The summed E-state index contributed by atoms with van der Waals surface area (Å²) in [6, 6.07) is 13.2. The number of rotatable bonds is 4. The number of halogens is 1. The van der Waals surface area contributed by atoms with Crippen LogP contribution >= 0.6 is 9.53 Å². The molecule has 0 atom stereocenters. The van der Waals surface area contributed by atoms with Gasteiger partial charge in [-0.25, -0.2) is 0 Å². The van der Waals surface area contributed by atoms with E-state index in [1.54, 1.807) is 0 Å². The fourth-order valence-corrected chi connectivity index (χ4v) is 3.40. The van der Waals surface area contributed by atoms with E-state index in [-0.39, 0.29) is 11.5 Å². The van der Waals surface area contributed by atoms with Crippen molar-refractivity contribution in [2.45, 2.75) is 48.1 Å². The predicted octanol–water partition coefficient (Wildman–Crippen LogP) is 6.56. The number of hydrogen-bond acceptors (Lipinski definition) is 4. The van der Waals surface area contributed by atoms with Crippen molar-refractivity contribution >= 4 is 21.0 Å². The van der Waals surface area contributed by atoms with Crippen molar-refractivity contribution in [3.8, 4) is 0 Å². The Bertz CT molecular complexity index is 897. The number of carbonyl (C=O) groups excluding carboxylic acids is 1. The Labute approximate surface area is 201 Å². The van der Waals surface area contributed by atoms with E-state index in [1.165, 1.54) is 53.4 Å². The van der Waals surface area contributed by atoms with Gasteiger partial charge in [-0.15, -0.1) is 0 Å². The Hall–Kier alpha value is -2.06. The minimum absolute atomic E-state index is 0.0625. The molecule has 1 N–H and O–H groups in total. The molecule has 0 spiro atoms. The first-order valence-corrected chi connectivity index (χ1v) is 11.9. The van der Waals surface area contributed by atoms with E-state index in [9.17, 15) is 4.79 Å². The average Bonchev–Trinajstić information content (AvgIpc) is 3.12. The SMILES string of the molecule is CC(=O)/C=C(/C)O.Cc1ccc(CN2C=CN(c3c(C)cc(C)cc3C)[CH-]2)cc1.[Cl][Pd+]. The number of nitrogens with zero attached hydrogens (tertiary/aromatic N) is 2. The summed E-state index contributed by atoms with van der Waals surface area (Å²) < 4.78 is 0. The van der Waals surface area contributed by atoms with E-state index in [1.807, 2.05) is 0 Å². The predicted molar refractivity (Wildman–Crippen MR) is 126 cm³/mol. The maximum atomic E-state index is 10.0. The summed E-state index contributed by atoms with van der Waals surface area (Å²) in [6.45, 7) is 14.6. The molecule has 0 unspecified atom stereocenters. The van der Waals surface area contributed by atoms with E-state index in [0.29, 0.717) is 0 Å². The second kappa shape index (κ2) is 13.4. The summed E-state index contributed by atoms with van der Waals surface area (Å²) in [6.07, 6.45) is 5.44. The van der Waals surface area contributed by atoms with Gasteiger partial charge in [0.25, 0.3) is 0 Å². The third-order valence-electron chi connectivity index (χ3n) is 4.48. The third-order valence-corrected chi connectivity index (χ3v) is 4.48. The first-order chi connectivity index (χ1) is 14.7. The molecule has 0 saturated carbocycles. The van der Waals surface area contributed by atoms with Gasteiger partial charge in [0, 0.05) is 18.3 Å². The molecule has 2 aromatic carbocycles. The molecular formula is C25H31ClN2O2Pd. The summed E-state index contributed by atoms with van der Waals surface area (Å²) in [5, 5.41) is 8.36. The van der Waals surface area contributed by atoms with E-state index in [0.717, 1.165) is 6.54 Å². The van der Waals surface area contributed by atoms with Crippen LogP contribution in [0.4, 0.5) is 5.69 Å². The summed E-state index contributed by atoms with van der Waals surface area (Å²) in [5.41, 5.74) is 7.86. The van der Waals surface area contributed by atoms with Crippen LogP contribution in [0.15, 0.2) is 60.6 Å². The Kier molecular flexibility index (Phi) is 11.6. The van der Waals surface area contributed by atoms with Gasteiger partial charge in [-0.05, 0) is 70.6 Å². The maximum absolute atomic E-state index is 10.0. The summed E-state index contributed by atoms with van der Waals surface area (Å²) in [7, 11) is 4.49. The van der Waals surface area contributed by atoms with Gasteiger partial charge in [0.1, 0.15) is 0 Å². The second-order valence-electron chi connectivity index (χ2n) is 7.62. The molecule has 1 aliphatic rings. The monoisotopic (exact) mass is 532 g/mol. The molecule has 2 aromatic rings. The van der Waals surface area contributed by atoms with Crippen molar-refractivity contribution in [1.82, 2.24) is 4.90 Å². The number of hydrogen-bond donors (Lipinski definition) is 1. The van der Waals surface area contributed by atoms with Crippen molar-refractivity contribution < 1.29 is 28.1 Å². The molecule has 3 rings (SSSR count). The summed E-state index contributed by atoms with van der Waals surface area (Å²) in [4.78, 5) is 14.5. The minimum atomic E-state index is -0.125. The molecule has 1 aliphatic heterocycles. The van der Waals surface area contributed by atoms with Crippen molar-refractivity contribution in [2.75, 3.05) is 4.90 Å². The number of allylic oxidation sites excluding steroid dienone is 2. The molecular weight excluding hydrogens is 502 g/mol. The molecule has 31 heavy (non-hydrogen) atoms. The van der Waals surface area contributed by atoms with Crippen LogP contribution in [0.5, 0.6) is 0 Å². The van der Waals surface area contributed by atoms with Crippen LogP contribution in [-0.2, 0) is 29.5 Å². The van der Waals surface area contributed by atoms with Gasteiger partial charge in [-0.3, -0.25) is 4.79 Å². The van der Waals surface area contributed by atoms with Gasteiger partial charge in [0.15, 0.2) is 5.78 Å². The summed E-state index contributed by atoms with van der Waals surface area (Å²) in [5.74, 6) is -0.0625. The van der Waals surface area contributed by atoms with Crippen molar-refractivity contribution in [3.63, 3.8) is 0 Å². The molecule has 0 fully saturated rings. The van der Waals surface area contributed by atoms with Crippen LogP contribution in [0.25, 0.3) is 0 Å². The molecule has 0 bridgehead atoms. The third kappa shape index (κ3) is 9.31. The van der Waals surface area contributed by atoms with Crippen LogP contribution in [0, 0.1) is 34.4 Å². The van der Waals surface area contributed by atoms with E-state index < -0.39 is 0 Å². The fourth-order valence-electron chi connectivity index (χ4n) is 3.40. The van der Waals surface area contributed by atoms with Crippen LogP contribution < -0.4 is 4.90 Å². The fraction of sp³-hybridized carbons (Fsp3) is 0.280. The van der Waals surface area contributed by atoms with Crippen molar-refractivity contribution in [1.29, 1.82) is 0 Å². The van der Waals surface area contributed by atoms with E-state index >= 15 is 0 Å². The first-order valence-electron chi connectivity index (χ1n) is 9.86. The van der Waals surface area contributed by atoms with Crippen LogP contribution in [0.3, 0.4) is 0 Å². The molecule has 6 heteroatoms. The topological polar surface area (TPSA) is 43.8 Å². The number of aryl methyl sites for hydroxylation is 4. The standard InChI is InChI=1S/C20H23N2.C5H8O2.ClH.Pd/c1-15-5-7-19(8-6-15)13-21-9-10-22(14-21)20-17(3)11-16(2)12-18(20)4;1-4(6)3-5(2)7;;/h5-12,14H,13H2,1-4H3;3,6H,1-2H3;1H;/q-1;;;+2/p-1/b;4-3-;;. The van der Waals surface area contributed by atoms with Crippen LogP contribution in [0.2, 0.25) is 0 Å². The van der Waals surface area contributed by atoms with Crippen molar-refractivity contribution in [2.24, 2.45) is 0 Å². The number of carbonyl (C=O) groups is 1. The Balaban J connectivity index is 0.000000457.